The summed E-state index contributed by atoms with van der Waals surface area (Å²) in [6.45, 7) is 2.78. The molecule has 0 spiro atoms. The molecule has 0 unspecified atom stereocenters. The molecule has 0 radical (unpaired) electrons. The fourth-order valence-corrected chi connectivity index (χ4v) is 2.10. The summed E-state index contributed by atoms with van der Waals surface area (Å²) in [4.78, 5) is 14.1. The maximum atomic E-state index is 13.3. The zero-order valence-electron chi connectivity index (χ0n) is 12.2. The van der Waals surface area contributed by atoms with Crippen LogP contribution in [-0.4, -0.2) is 26.0 Å². The SMILES string of the molecule is CCN(CC(=O)c1ccc(OC)cc1)c1cccc(F)c1. The molecule has 0 saturated heterocycles. The number of nitrogens with zero attached hydrogens (tertiary/aromatic N) is 1. The molecule has 2 rings (SSSR count). The zero-order chi connectivity index (χ0) is 15.2. The van der Waals surface area contributed by atoms with E-state index in [0.717, 1.165) is 0 Å². The number of Topliss-reactive ketones (excluding diaryl/α,β-unsaturated/α-hetero) is 1. The van der Waals surface area contributed by atoms with E-state index in [1.165, 1.54) is 12.1 Å². The van der Waals surface area contributed by atoms with Crippen LogP contribution in [0.25, 0.3) is 0 Å². The van der Waals surface area contributed by atoms with E-state index in [4.69, 9.17) is 4.74 Å². The second-order valence-electron chi connectivity index (χ2n) is 4.65. The van der Waals surface area contributed by atoms with Crippen LogP contribution in [0.5, 0.6) is 5.75 Å². The van der Waals surface area contributed by atoms with Gasteiger partial charge in [0, 0.05) is 17.8 Å². The highest BCUT2D eigenvalue weighted by Crippen LogP contribution is 2.17. The minimum atomic E-state index is -0.303. The first-order valence-electron chi connectivity index (χ1n) is 6.81. The van der Waals surface area contributed by atoms with E-state index >= 15 is 0 Å². The highest BCUT2D eigenvalue weighted by molar-refractivity contribution is 5.99. The Morgan fingerprint density at radius 2 is 1.90 bits per heavy atom. The van der Waals surface area contributed by atoms with Crippen LogP contribution in [-0.2, 0) is 0 Å². The van der Waals surface area contributed by atoms with E-state index in [1.807, 2.05) is 11.8 Å². The number of halogens is 1. The molecule has 0 atom stereocenters. The summed E-state index contributed by atoms with van der Waals surface area (Å²) in [6, 6.07) is 13.3. The lowest BCUT2D eigenvalue weighted by molar-refractivity contribution is 0.0999. The first kappa shape index (κ1) is 15.0. The van der Waals surface area contributed by atoms with Gasteiger partial charge < -0.3 is 9.64 Å². The van der Waals surface area contributed by atoms with Crippen molar-refractivity contribution in [2.24, 2.45) is 0 Å². The lowest BCUT2D eigenvalue weighted by atomic mass is 10.1. The predicted octanol–water partition coefficient (Wildman–Crippen LogP) is 3.54. The maximum Gasteiger partial charge on any atom is 0.182 e. The summed E-state index contributed by atoms with van der Waals surface area (Å²) in [5.74, 6) is 0.399. The molecule has 0 N–H and O–H groups in total. The van der Waals surface area contributed by atoms with Gasteiger partial charge >= 0.3 is 0 Å². The first-order valence-corrected chi connectivity index (χ1v) is 6.81. The number of carbonyl (C=O) groups is 1. The zero-order valence-corrected chi connectivity index (χ0v) is 12.2. The third kappa shape index (κ3) is 3.81. The smallest absolute Gasteiger partial charge is 0.182 e. The topological polar surface area (TPSA) is 29.5 Å². The van der Waals surface area contributed by atoms with Crippen LogP contribution < -0.4 is 9.64 Å². The molecule has 0 heterocycles. The molecule has 21 heavy (non-hydrogen) atoms. The largest absolute Gasteiger partial charge is 0.497 e. The van der Waals surface area contributed by atoms with Crippen LogP contribution in [0.2, 0.25) is 0 Å². The first-order chi connectivity index (χ1) is 10.1. The molecule has 0 amide bonds. The van der Waals surface area contributed by atoms with Gasteiger partial charge in [-0.15, -0.1) is 0 Å². The Hall–Kier alpha value is -2.36. The van der Waals surface area contributed by atoms with Crippen molar-refractivity contribution in [3.63, 3.8) is 0 Å². The quantitative estimate of drug-likeness (QED) is 0.761. The van der Waals surface area contributed by atoms with E-state index in [1.54, 1.807) is 43.5 Å². The molecule has 110 valence electrons. The van der Waals surface area contributed by atoms with E-state index in [0.29, 0.717) is 23.5 Å². The van der Waals surface area contributed by atoms with Crippen molar-refractivity contribution in [2.45, 2.75) is 6.92 Å². The van der Waals surface area contributed by atoms with Crippen LogP contribution in [0, 0.1) is 5.82 Å². The summed E-state index contributed by atoms with van der Waals surface area (Å²) in [5.41, 5.74) is 1.32. The number of methoxy groups -OCH3 is 1. The van der Waals surface area contributed by atoms with Crippen molar-refractivity contribution < 1.29 is 13.9 Å². The maximum absolute atomic E-state index is 13.3. The number of hydrogen-bond acceptors (Lipinski definition) is 3. The molecule has 0 aliphatic rings. The summed E-state index contributed by atoms with van der Waals surface area (Å²) in [5, 5.41) is 0. The van der Waals surface area contributed by atoms with Gasteiger partial charge in [0.15, 0.2) is 5.78 Å². The lowest BCUT2D eigenvalue weighted by Crippen LogP contribution is -2.29. The van der Waals surface area contributed by atoms with E-state index in [-0.39, 0.29) is 18.1 Å². The van der Waals surface area contributed by atoms with E-state index < -0.39 is 0 Å². The molecular formula is C17H18FNO2. The molecule has 0 saturated carbocycles. The minimum absolute atomic E-state index is 0.0104. The van der Waals surface area contributed by atoms with Crippen LogP contribution in [0.15, 0.2) is 48.5 Å². The van der Waals surface area contributed by atoms with Crippen molar-refractivity contribution in [3.05, 3.63) is 59.9 Å². The van der Waals surface area contributed by atoms with Crippen molar-refractivity contribution in [2.75, 3.05) is 25.1 Å². The monoisotopic (exact) mass is 287 g/mol. The Balaban J connectivity index is 2.12. The van der Waals surface area contributed by atoms with E-state index in [2.05, 4.69) is 0 Å². The highest BCUT2D eigenvalue weighted by Gasteiger charge is 2.12. The number of ketones is 1. The minimum Gasteiger partial charge on any atom is -0.497 e. The molecule has 0 aliphatic carbocycles. The van der Waals surface area contributed by atoms with Crippen LogP contribution in [0.1, 0.15) is 17.3 Å². The van der Waals surface area contributed by atoms with Crippen molar-refractivity contribution in [1.82, 2.24) is 0 Å². The molecule has 4 heteroatoms. The second kappa shape index (κ2) is 6.88. The van der Waals surface area contributed by atoms with Crippen molar-refractivity contribution in [1.29, 1.82) is 0 Å². The van der Waals surface area contributed by atoms with E-state index in [9.17, 15) is 9.18 Å². The number of hydrogen-bond donors (Lipinski definition) is 0. The highest BCUT2D eigenvalue weighted by atomic mass is 19.1. The van der Waals surface area contributed by atoms with Gasteiger partial charge in [-0.2, -0.15) is 0 Å². The van der Waals surface area contributed by atoms with Gasteiger partial charge in [0.05, 0.1) is 13.7 Å². The Morgan fingerprint density at radius 3 is 2.48 bits per heavy atom. The van der Waals surface area contributed by atoms with Crippen molar-refractivity contribution in [3.8, 4) is 5.75 Å². The molecular weight excluding hydrogens is 269 g/mol. The van der Waals surface area contributed by atoms with Gasteiger partial charge in [-0.3, -0.25) is 4.79 Å². The Kier molecular flexibility index (Phi) is 4.93. The van der Waals surface area contributed by atoms with Gasteiger partial charge in [0.2, 0.25) is 0 Å². The molecule has 0 bridgehead atoms. The van der Waals surface area contributed by atoms with Crippen LogP contribution >= 0.6 is 0 Å². The summed E-state index contributed by atoms with van der Waals surface area (Å²) < 4.78 is 18.4. The molecule has 0 aromatic heterocycles. The average molecular weight is 287 g/mol. The molecule has 0 fully saturated rings. The predicted molar refractivity (Wildman–Crippen MR) is 81.6 cm³/mol. The average Bonchev–Trinajstić information content (AvgIpc) is 2.52. The summed E-state index contributed by atoms with van der Waals surface area (Å²) in [7, 11) is 1.58. The number of likely N-dealkylation sites (N-methyl/N-ethyl adjacent to an activating group) is 1. The van der Waals surface area contributed by atoms with Gasteiger partial charge in [0.25, 0.3) is 0 Å². The van der Waals surface area contributed by atoms with Crippen molar-refractivity contribution >= 4 is 11.5 Å². The molecule has 2 aromatic rings. The number of ether oxygens (including phenoxy) is 1. The molecule has 0 aliphatic heterocycles. The normalized spacial score (nSPS) is 10.2. The number of rotatable bonds is 6. The molecule has 3 nitrogen and oxygen atoms in total. The fraction of sp³-hybridized carbons (Fsp3) is 0.235. The standard InChI is InChI=1S/C17H18FNO2/c1-3-19(15-6-4-5-14(18)11-15)12-17(20)13-7-9-16(21-2)10-8-13/h4-11H,3,12H2,1-2H3. The van der Waals surface area contributed by atoms with Gasteiger partial charge in [-0.1, -0.05) is 6.07 Å². The van der Waals surface area contributed by atoms with Gasteiger partial charge in [0.1, 0.15) is 11.6 Å². The lowest BCUT2D eigenvalue weighted by Gasteiger charge is -2.22. The third-order valence-corrected chi connectivity index (χ3v) is 3.30. The van der Waals surface area contributed by atoms with Crippen LogP contribution in [0.3, 0.4) is 0 Å². The fourth-order valence-electron chi connectivity index (χ4n) is 2.10. The summed E-state index contributed by atoms with van der Waals surface area (Å²) >= 11 is 0. The summed E-state index contributed by atoms with van der Waals surface area (Å²) in [6.07, 6.45) is 0. The molecule has 2 aromatic carbocycles. The Labute approximate surface area is 124 Å². The third-order valence-electron chi connectivity index (χ3n) is 3.30. The second-order valence-corrected chi connectivity index (χ2v) is 4.65. The Bertz CT molecular complexity index is 610. The van der Waals surface area contributed by atoms with Gasteiger partial charge in [-0.25, -0.2) is 4.39 Å². The number of anilines is 1. The number of carbonyl (C=O) groups excluding carboxylic acids is 1. The Morgan fingerprint density at radius 1 is 1.19 bits per heavy atom. The number of benzene rings is 2. The van der Waals surface area contributed by atoms with Gasteiger partial charge in [-0.05, 0) is 49.4 Å². The van der Waals surface area contributed by atoms with Crippen LogP contribution in [0.4, 0.5) is 10.1 Å².